The Bertz CT molecular complexity index is 275. The molecule has 5 heteroatoms. The fourth-order valence-corrected chi connectivity index (χ4v) is 1.91. The number of aryl methyl sites for hydroxylation is 1. The summed E-state index contributed by atoms with van der Waals surface area (Å²) in [6.45, 7) is 4.43. The number of hydrogen-bond donors (Lipinski definition) is 1. The zero-order chi connectivity index (χ0) is 9.84. The average molecular weight is 202 g/mol. The number of nitrogen functional groups attached to an aromatic ring is 1. The van der Waals surface area contributed by atoms with Crippen LogP contribution in [0.5, 0.6) is 0 Å². The smallest absolute Gasteiger partial charge is 0.194 e. The Morgan fingerprint density at radius 2 is 2.31 bits per heavy atom. The first-order chi connectivity index (χ1) is 6.19. The largest absolute Gasteiger partial charge is 0.375 e. The van der Waals surface area contributed by atoms with E-state index in [-0.39, 0.29) is 6.29 Å². The fraction of sp³-hybridized carbons (Fsp3) is 0.625. The Labute approximate surface area is 81.7 Å². The molecule has 74 valence electrons. The molecule has 0 aliphatic rings. The second-order valence-corrected chi connectivity index (χ2v) is 3.59. The molecular weight excluding hydrogens is 188 g/mol. The van der Waals surface area contributed by atoms with Crippen molar-refractivity contribution >= 4 is 16.5 Å². The molecule has 0 saturated heterocycles. The molecule has 1 heterocycles. The van der Waals surface area contributed by atoms with Gasteiger partial charge < -0.3 is 15.2 Å². The van der Waals surface area contributed by atoms with Crippen molar-refractivity contribution < 1.29 is 9.47 Å². The van der Waals surface area contributed by atoms with Gasteiger partial charge in [0, 0.05) is 13.7 Å². The van der Waals surface area contributed by atoms with E-state index in [0.29, 0.717) is 11.7 Å². The molecule has 0 bridgehead atoms. The maximum atomic E-state index is 5.56. The minimum atomic E-state index is -0.334. The van der Waals surface area contributed by atoms with Crippen molar-refractivity contribution in [2.24, 2.45) is 0 Å². The molecule has 13 heavy (non-hydrogen) atoms. The fourth-order valence-electron chi connectivity index (χ4n) is 1.05. The van der Waals surface area contributed by atoms with Gasteiger partial charge in [-0.1, -0.05) is 11.3 Å². The lowest BCUT2D eigenvalue weighted by atomic mass is 10.4. The van der Waals surface area contributed by atoms with Crippen LogP contribution in [0.3, 0.4) is 0 Å². The van der Waals surface area contributed by atoms with Gasteiger partial charge in [0.05, 0.1) is 10.6 Å². The number of hydrogen-bond acceptors (Lipinski definition) is 5. The third kappa shape index (κ3) is 2.40. The SMILES string of the molecule is CCOC(OC)c1sc(N)nc1C. The van der Waals surface area contributed by atoms with Crippen molar-refractivity contribution in [1.29, 1.82) is 0 Å². The van der Waals surface area contributed by atoms with E-state index in [4.69, 9.17) is 15.2 Å². The van der Waals surface area contributed by atoms with Crippen molar-refractivity contribution in [2.45, 2.75) is 20.1 Å². The summed E-state index contributed by atoms with van der Waals surface area (Å²) in [7, 11) is 1.61. The third-order valence-corrected chi connectivity index (χ3v) is 2.60. The van der Waals surface area contributed by atoms with E-state index in [0.717, 1.165) is 10.6 Å². The predicted octanol–water partition coefficient (Wildman–Crippen LogP) is 1.72. The van der Waals surface area contributed by atoms with E-state index in [1.165, 1.54) is 11.3 Å². The molecule has 0 radical (unpaired) electrons. The Morgan fingerprint density at radius 1 is 1.62 bits per heavy atom. The van der Waals surface area contributed by atoms with Crippen molar-refractivity contribution in [1.82, 2.24) is 4.98 Å². The van der Waals surface area contributed by atoms with Crippen molar-refractivity contribution in [3.05, 3.63) is 10.6 Å². The predicted molar refractivity (Wildman–Crippen MR) is 52.6 cm³/mol. The van der Waals surface area contributed by atoms with Crippen LogP contribution in [0.4, 0.5) is 5.13 Å². The molecule has 1 aromatic rings. The van der Waals surface area contributed by atoms with Crippen molar-refractivity contribution in [3.8, 4) is 0 Å². The zero-order valence-electron chi connectivity index (χ0n) is 8.03. The molecule has 2 N–H and O–H groups in total. The maximum Gasteiger partial charge on any atom is 0.194 e. The first-order valence-electron chi connectivity index (χ1n) is 4.06. The lowest BCUT2D eigenvalue weighted by Crippen LogP contribution is -2.05. The van der Waals surface area contributed by atoms with E-state index in [1.807, 2.05) is 13.8 Å². The van der Waals surface area contributed by atoms with Crippen LogP contribution in [0, 0.1) is 6.92 Å². The standard InChI is InChI=1S/C8H14N2O2S/c1-4-12-7(11-3)6-5(2)10-8(9)13-6/h7H,4H2,1-3H3,(H2,9,10). The van der Waals surface area contributed by atoms with Gasteiger partial charge in [-0.2, -0.15) is 0 Å². The second kappa shape index (κ2) is 4.55. The normalized spacial score (nSPS) is 13.2. The number of methoxy groups -OCH3 is 1. The van der Waals surface area contributed by atoms with E-state index >= 15 is 0 Å². The van der Waals surface area contributed by atoms with E-state index in [9.17, 15) is 0 Å². The van der Waals surface area contributed by atoms with Gasteiger partial charge in [-0.3, -0.25) is 0 Å². The van der Waals surface area contributed by atoms with Crippen molar-refractivity contribution in [3.63, 3.8) is 0 Å². The Hall–Kier alpha value is -0.650. The summed E-state index contributed by atoms with van der Waals surface area (Å²) in [6, 6.07) is 0. The first kappa shape index (κ1) is 10.4. The molecule has 0 aliphatic heterocycles. The molecule has 0 amide bonds. The number of anilines is 1. The third-order valence-electron chi connectivity index (χ3n) is 1.60. The van der Waals surface area contributed by atoms with Crippen LogP contribution in [0.15, 0.2) is 0 Å². The summed E-state index contributed by atoms with van der Waals surface area (Å²) < 4.78 is 10.5. The molecule has 1 unspecified atom stereocenters. The molecule has 0 aliphatic carbocycles. The van der Waals surface area contributed by atoms with Gasteiger partial charge in [-0.15, -0.1) is 0 Å². The number of nitrogens with zero attached hydrogens (tertiary/aromatic N) is 1. The highest BCUT2D eigenvalue weighted by Crippen LogP contribution is 2.29. The van der Waals surface area contributed by atoms with E-state index in [2.05, 4.69) is 4.98 Å². The average Bonchev–Trinajstić information content (AvgIpc) is 2.41. The highest BCUT2D eigenvalue weighted by atomic mass is 32.1. The van der Waals surface area contributed by atoms with Crippen LogP contribution in [0.1, 0.15) is 23.8 Å². The minimum absolute atomic E-state index is 0.334. The second-order valence-electron chi connectivity index (χ2n) is 2.52. The number of thiazole rings is 1. The van der Waals surface area contributed by atoms with Crippen LogP contribution < -0.4 is 5.73 Å². The Balaban J connectivity index is 2.83. The summed E-state index contributed by atoms with van der Waals surface area (Å²) >= 11 is 1.40. The van der Waals surface area contributed by atoms with Gasteiger partial charge in [0.1, 0.15) is 0 Å². The maximum absolute atomic E-state index is 5.56. The molecular formula is C8H14N2O2S. The summed E-state index contributed by atoms with van der Waals surface area (Å²) in [5.41, 5.74) is 6.44. The number of ether oxygens (including phenoxy) is 2. The zero-order valence-corrected chi connectivity index (χ0v) is 8.85. The van der Waals surface area contributed by atoms with Crippen LogP contribution in [0.2, 0.25) is 0 Å². The molecule has 0 saturated carbocycles. The van der Waals surface area contributed by atoms with Crippen LogP contribution in [0.25, 0.3) is 0 Å². The summed E-state index contributed by atoms with van der Waals surface area (Å²) in [5.74, 6) is 0. The molecule has 4 nitrogen and oxygen atoms in total. The van der Waals surface area contributed by atoms with E-state index < -0.39 is 0 Å². The van der Waals surface area contributed by atoms with Crippen molar-refractivity contribution in [2.75, 3.05) is 19.5 Å². The molecule has 0 aromatic carbocycles. The van der Waals surface area contributed by atoms with Gasteiger partial charge >= 0.3 is 0 Å². The van der Waals surface area contributed by atoms with Gasteiger partial charge in [0.2, 0.25) is 0 Å². The quantitative estimate of drug-likeness (QED) is 0.755. The molecule has 1 atom stereocenters. The van der Waals surface area contributed by atoms with Crippen LogP contribution in [-0.4, -0.2) is 18.7 Å². The number of nitrogens with two attached hydrogens (primary N) is 1. The molecule has 1 aromatic heterocycles. The Morgan fingerprint density at radius 3 is 2.69 bits per heavy atom. The lowest BCUT2D eigenvalue weighted by Gasteiger charge is -2.13. The van der Waals surface area contributed by atoms with Gasteiger partial charge in [0.15, 0.2) is 11.4 Å². The van der Waals surface area contributed by atoms with E-state index in [1.54, 1.807) is 7.11 Å². The van der Waals surface area contributed by atoms with Crippen LogP contribution in [-0.2, 0) is 9.47 Å². The lowest BCUT2D eigenvalue weighted by molar-refractivity contribution is -0.122. The summed E-state index contributed by atoms with van der Waals surface area (Å²) in [4.78, 5) is 5.04. The Kier molecular flexibility index (Phi) is 3.65. The number of rotatable bonds is 4. The van der Waals surface area contributed by atoms with Gasteiger partial charge in [-0.05, 0) is 13.8 Å². The highest BCUT2D eigenvalue weighted by Gasteiger charge is 2.16. The number of aromatic nitrogens is 1. The minimum Gasteiger partial charge on any atom is -0.375 e. The van der Waals surface area contributed by atoms with Gasteiger partial charge in [-0.25, -0.2) is 4.98 Å². The summed E-state index contributed by atoms with van der Waals surface area (Å²) in [6.07, 6.45) is -0.334. The van der Waals surface area contributed by atoms with Gasteiger partial charge in [0.25, 0.3) is 0 Å². The summed E-state index contributed by atoms with van der Waals surface area (Å²) in [5, 5.41) is 0.550. The highest BCUT2D eigenvalue weighted by molar-refractivity contribution is 7.15. The topological polar surface area (TPSA) is 57.4 Å². The molecule has 0 spiro atoms. The first-order valence-corrected chi connectivity index (χ1v) is 4.87. The molecule has 0 fully saturated rings. The molecule has 1 rings (SSSR count). The van der Waals surface area contributed by atoms with Crippen LogP contribution >= 0.6 is 11.3 Å². The monoisotopic (exact) mass is 202 g/mol.